The zero-order valence-corrected chi connectivity index (χ0v) is 19.7. The molecule has 0 saturated heterocycles. The molecule has 0 unspecified atom stereocenters. The average molecular weight is 501 g/mol. The smallest absolute Gasteiger partial charge is 0.262 e. The second kappa shape index (κ2) is 11.6. The van der Waals surface area contributed by atoms with Gasteiger partial charge in [0, 0.05) is 16.7 Å². The minimum Gasteiger partial charge on any atom is -0.493 e. The van der Waals surface area contributed by atoms with Crippen LogP contribution in [0.3, 0.4) is 0 Å². The van der Waals surface area contributed by atoms with E-state index in [1.165, 1.54) is 12.1 Å². The topological polar surface area (TPSA) is 59.6 Å². The van der Waals surface area contributed by atoms with Gasteiger partial charge in [-0.3, -0.25) is 4.79 Å². The van der Waals surface area contributed by atoms with Gasteiger partial charge in [0.15, 0.2) is 18.1 Å². The summed E-state index contributed by atoms with van der Waals surface area (Å²) >= 11 is 3.57. The highest BCUT2D eigenvalue weighted by Crippen LogP contribution is 2.33. The number of hydrogen-bond acceptors (Lipinski definition) is 4. The number of aryl methyl sites for hydroxylation is 1. The molecule has 0 spiro atoms. The highest BCUT2D eigenvalue weighted by molar-refractivity contribution is 9.10. The van der Waals surface area contributed by atoms with Gasteiger partial charge in [0.25, 0.3) is 5.91 Å². The van der Waals surface area contributed by atoms with Gasteiger partial charge in [-0.25, -0.2) is 4.39 Å². The van der Waals surface area contributed by atoms with Gasteiger partial charge in [-0.1, -0.05) is 45.8 Å². The summed E-state index contributed by atoms with van der Waals surface area (Å²) in [5, 5.41) is 6.18. The predicted octanol–water partition coefficient (Wildman–Crippen LogP) is 5.26. The average Bonchev–Trinajstić information content (AvgIpc) is 2.79. The SMILES string of the molecule is COc1cc(CNCCc2ccc(F)cc2)c(Br)cc1OCC(=O)Nc1ccc(C)cc1. The monoisotopic (exact) mass is 500 g/mol. The van der Waals surface area contributed by atoms with Crippen LogP contribution in [0.2, 0.25) is 0 Å². The number of ether oxygens (including phenoxy) is 2. The normalized spacial score (nSPS) is 10.6. The zero-order valence-electron chi connectivity index (χ0n) is 18.1. The lowest BCUT2D eigenvalue weighted by atomic mass is 10.1. The van der Waals surface area contributed by atoms with Crippen molar-refractivity contribution in [2.24, 2.45) is 0 Å². The summed E-state index contributed by atoms with van der Waals surface area (Å²) in [5.74, 6) is 0.548. The third kappa shape index (κ3) is 7.07. The van der Waals surface area contributed by atoms with Crippen molar-refractivity contribution in [3.05, 3.63) is 87.6 Å². The van der Waals surface area contributed by atoms with E-state index in [0.29, 0.717) is 18.0 Å². The van der Waals surface area contributed by atoms with E-state index in [1.54, 1.807) is 25.3 Å². The highest BCUT2D eigenvalue weighted by atomic mass is 79.9. The molecule has 0 aromatic heterocycles. The van der Waals surface area contributed by atoms with Crippen molar-refractivity contribution in [1.29, 1.82) is 0 Å². The van der Waals surface area contributed by atoms with Crippen LogP contribution in [0, 0.1) is 12.7 Å². The van der Waals surface area contributed by atoms with Gasteiger partial charge >= 0.3 is 0 Å². The molecule has 1 amide bonds. The summed E-state index contributed by atoms with van der Waals surface area (Å²) in [4.78, 5) is 12.2. The van der Waals surface area contributed by atoms with Crippen molar-refractivity contribution in [2.75, 3.05) is 25.6 Å². The van der Waals surface area contributed by atoms with Crippen LogP contribution in [0.15, 0.2) is 65.1 Å². The first-order chi connectivity index (χ1) is 15.4. The standard InChI is InChI=1S/C25H26BrFN2O3/c1-17-3-9-21(10-4-17)29-25(30)16-32-24-14-22(26)19(13-23(24)31-2)15-28-12-11-18-5-7-20(27)8-6-18/h3-10,13-14,28H,11-12,15-16H2,1-2H3,(H,29,30). The molecule has 7 heteroatoms. The van der Waals surface area contributed by atoms with Crippen molar-refractivity contribution in [2.45, 2.75) is 19.9 Å². The molecule has 32 heavy (non-hydrogen) atoms. The third-order valence-electron chi connectivity index (χ3n) is 4.85. The summed E-state index contributed by atoms with van der Waals surface area (Å²) in [6.45, 7) is 3.22. The molecular weight excluding hydrogens is 475 g/mol. The zero-order chi connectivity index (χ0) is 22.9. The molecule has 0 atom stereocenters. The highest BCUT2D eigenvalue weighted by Gasteiger charge is 2.12. The van der Waals surface area contributed by atoms with Crippen LogP contribution < -0.4 is 20.1 Å². The molecular formula is C25H26BrFN2O3. The number of amides is 1. The Morgan fingerprint density at radius 1 is 1.03 bits per heavy atom. The molecule has 0 bridgehead atoms. The Bertz CT molecular complexity index is 1040. The Labute approximate surface area is 196 Å². The van der Waals surface area contributed by atoms with Crippen LogP contribution >= 0.6 is 15.9 Å². The Morgan fingerprint density at radius 3 is 2.44 bits per heavy atom. The van der Waals surface area contributed by atoms with Gasteiger partial charge in [0.05, 0.1) is 7.11 Å². The van der Waals surface area contributed by atoms with Crippen LogP contribution in [0.4, 0.5) is 10.1 Å². The molecule has 0 aliphatic heterocycles. The molecule has 0 aliphatic rings. The molecule has 0 heterocycles. The molecule has 3 aromatic rings. The largest absolute Gasteiger partial charge is 0.493 e. The van der Waals surface area contributed by atoms with E-state index in [1.807, 2.05) is 37.3 Å². The van der Waals surface area contributed by atoms with Crippen LogP contribution in [-0.2, 0) is 17.8 Å². The predicted molar refractivity (Wildman–Crippen MR) is 128 cm³/mol. The van der Waals surface area contributed by atoms with E-state index in [9.17, 15) is 9.18 Å². The number of methoxy groups -OCH3 is 1. The summed E-state index contributed by atoms with van der Waals surface area (Å²) in [6, 6.07) is 17.8. The van der Waals surface area contributed by atoms with Crippen molar-refractivity contribution < 1.29 is 18.7 Å². The van der Waals surface area contributed by atoms with Gasteiger partial charge < -0.3 is 20.1 Å². The van der Waals surface area contributed by atoms with E-state index in [0.717, 1.165) is 39.8 Å². The third-order valence-corrected chi connectivity index (χ3v) is 5.58. The second-order valence-electron chi connectivity index (χ2n) is 7.35. The molecule has 3 rings (SSSR count). The Morgan fingerprint density at radius 2 is 1.75 bits per heavy atom. The lowest BCUT2D eigenvalue weighted by Crippen LogP contribution is -2.20. The van der Waals surface area contributed by atoms with Crippen LogP contribution in [0.5, 0.6) is 11.5 Å². The fourth-order valence-corrected chi connectivity index (χ4v) is 3.53. The van der Waals surface area contributed by atoms with E-state index >= 15 is 0 Å². The molecule has 0 fully saturated rings. The van der Waals surface area contributed by atoms with E-state index in [4.69, 9.17) is 9.47 Å². The van der Waals surface area contributed by atoms with Gasteiger partial charge in [0.1, 0.15) is 5.82 Å². The number of carbonyl (C=O) groups is 1. The number of halogens is 2. The molecule has 0 aliphatic carbocycles. The first kappa shape index (κ1) is 23.8. The van der Waals surface area contributed by atoms with E-state index in [2.05, 4.69) is 26.6 Å². The van der Waals surface area contributed by atoms with Gasteiger partial charge in [-0.2, -0.15) is 0 Å². The van der Waals surface area contributed by atoms with Crippen molar-refractivity contribution in [3.63, 3.8) is 0 Å². The number of benzene rings is 3. The maximum Gasteiger partial charge on any atom is 0.262 e. The minimum absolute atomic E-state index is 0.133. The Balaban J connectivity index is 1.52. The number of hydrogen-bond donors (Lipinski definition) is 2. The lowest BCUT2D eigenvalue weighted by molar-refractivity contribution is -0.118. The van der Waals surface area contributed by atoms with Crippen molar-refractivity contribution in [3.8, 4) is 11.5 Å². The van der Waals surface area contributed by atoms with Crippen LogP contribution in [-0.4, -0.2) is 26.2 Å². The Hall–Kier alpha value is -2.90. The van der Waals surface area contributed by atoms with Crippen LogP contribution in [0.1, 0.15) is 16.7 Å². The summed E-state index contributed by atoms with van der Waals surface area (Å²) in [5.41, 5.74) is 3.92. The molecule has 3 aromatic carbocycles. The minimum atomic E-state index is -0.251. The second-order valence-corrected chi connectivity index (χ2v) is 8.20. The molecule has 2 N–H and O–H groups in total. The summed E-state index contributed by atoms with van der Waals surface area (Å²) in [7, 11) is 1.56. The Kier molecular flexibility index (Phi) is 8.64. The quantitative estimate of drug-likeness (QED) is 0.373. The summed E-state index contributed by atoms with van der Waals surface area (Å²) in [6.07, 6.45) is 0.798. The maximum atomic E-state index is 13.0. The van der Waals surface area contributed by atoms with E-state index in [-0.39, 0.29) is 18.3 Å². The molecule has 0 radical (unpaired) electrons. The summed E-state index contributed by atoms with van der Waals surface area (Å²) < 4.78 is 25.0. The number of anilines is 1. The fraction of sp³-hybridized carbons (Fsp3) is 0.240. The molecule has 168 valence electrons. The maximum absolute atomic E-state index is 13.0. The molecule has 5 nitrogen and oxygen atoms in total. The number of nitrogens with one attached hydrogen (secondary N) is 2. The van der Waals surface area contributed by atoms with Crippen molar-refractivity contribution >= 4 is 27.5 Å². The first-order valence-corrected chi connectivity index (χ1v) is 11.0. The van der Waals surface area contributed by atoms with Crippen LogP contribution in [0.25, 0.3) is 0 Å². The molecule has 0 saturated carbocycles. The number of rotatable bonds is 10. The van der Waals surface area contributed by atoms with Gasteiger partial charge in [-0.15, -0.1) is 0 Å². The number of carbonyl (C=O) groups excluding carboxylic acids is 1. The van der Waals surface area contributed by atoms with Crippen molar-refractivity contribution in [1.82, 2.24) is 5.32 Å². The van der Waals surface area contributed by atoms with Gasteiger partial charge in [0.2, 0.25) is 0 Å². The lowest BCUT2D eigenvalue weighted by Gasteiger charge is -2.14. The fourth-order valence-electron chi connectivity index (χ4n) is 3.07. The van der Waals surface area contributed by atoms with Gasteiger partial charge in [-0.05, 0) is 67.4 Å². The first-order valence-electron chi connectivity index (χ1n) is 10.3. The van der Waals surface area contributed by atoms with E-state index < -0.39 is 0 Å².